The number of halogens is 3. The minimum absolute atomic E-state index is 0.117. The van der Waals surface area contributed by atoms with Crippen molar-refractivity contribution in [1.82, 2.24) is 0 Å². The van der Waals surface area contributed by atoms with E-state index in [-0.39, 0.29) is 24.7 Å². The van der Waals surface area contributed by atoms with E-state index in [1.165, 1.54) is 6.07 Å². The summed E-state index contributed by atoms with van der Waals surface area (Å²) in [7, 11) is 0. The Balaban J connectivity index is 1.99. The van der Waals surface area contributed by atoms with Gasteiger partial charge in [0, 0.05) is 17.9 Å². The maximum atomic E-state index is 13.0. The van der Waals surface area contributed by atoms with Gasteiger partial charge in [-0.3, -0.25) is 4.79 Å². The van der Waals surface area contributed by atoms with Crippen LogP contribution in [0.5, 0.6) is 5.75 Å². The number of aliphatic carboxylic acids is 1. The molecule has 2 rings (SSSR count). The second-order valence-electron chi connectivity index (χ2n) is 6.43. The lowest BCUT2D eigenvalue weighted by Gasteiger charge is -2.37. The van der Waals surface area contributed by atoms with Gasteiger partial charge in [-0.25, -0.2) is 0 Å². The van der Waals surface area contributed by atoms with Gasteiger partial charge in [-0.05, 0) is 31.7 Å². The van der Waals surface area contributed by atoms with Gasteiger partial charge in [0.05, 0.1) is 12.7 Å². The lowest BCUT2D eigenvalue weighted by atomic mass is 9.91. The fraction of sp³-hybridized carbons (Fsp3) is 0.526. The second-order valence-corrected chi connectivity index (χ2v) is 6.43. The molecule has 1 aromatic carbocycles. The fourth-order valence-corrected chi connectivity index (χ4v) is 2.93. The molecule has 1 aromatic rings. The summed E-state index contributed by atoms with van der Waals surface area (Å²) in [6.07, 6.45) is -1.68. The number of carboxylic acids is 1. The maximum absolute atomic E-state index is 13.0. The van der Waals surface area contributed by atoms with E-state index in [1.807, 2.05) is 12.2 Å². The zero-order valence-electron chi connectivity index (χ0n) is 14.7. The summed E-state index contributed by atoms with van der Waals surface area (Å²) in [5.74, 6) is -1.33. The summed E-state index contributed by atoms with van der Waals surface area (Å²) in [4.78, 5) is 10.4. The van der Waals surface area contributed by atoms with Crippen LogP contribution in [-0.4, -0.2) is 35.3 Å². The Morgan fingerprint density at radius 2 is 1.96 bits per heavy atom. The minimum atomic E-state index is -4.65. The molecule has 0 spiro atoms. The predicted octanol–water partition coefficient (Wildman–Crippen LogP) is 4.58. The van der Waals surface area contributed by atoms with Crippen LogP contribution in [0.1, 0.15) is 43.8 Å². The van der Waals surface area contributed by atoms with Crippen LogP contribution in [-0.2, 0) is 14.3 Å². The fourth-order valence-electron chi connectivity index (χ4n) is 2.93. The first-order valence-corrected chi connectivity index (χ1v) is 8.77. The van der Waals surface area contributed by atoms with Crippen molar-refractivity contribution in [3.05, 3.63) is 42.0 Å². The van der Waals surface area contributed by atoms with Crippen LogP contribution in [0.2, 0.25) is 0 Å². The van der Waals surface area contributed by atoms with Crippen LogP contribution < -0.4 is 0 Å². The molecule has 5 nitrogen and oxygen atoms in total. The Morgan fingerprint density at radius 3 is 2.63 bits per heavy atom. The van der Waals surface area contributed by atoms with Crippen LogP contribution in [0, 0.1) is 5.92 Å². The number of rotatable bonds is 8. The van der Waals surface area contributed by atoms with Gasteiger partial charge in [0.1, 0.15) is 5.75 Å². The smallest absolute Gasteiger partial charge is 0.440 e. The number of para-hydroxylation sites is 1. The second kappa shape index (κ2) is 9.75. The lowest BCUT2D eigenvalue weighted by Crippen LogP contribution is -2.43. The highest BCUT2D eigenvalue weighted by Gasteiger charge is 2.48. The van der Waals surface area contributed by atoms with Crippen LogP contribution in [0.3, 0.4) is 0 Å². The van der Waals surface area contributed by atoms with E-state index in [1.54, 1.807) is 18.2 Å². The quantitative estimate of drug-likeness (QED) is 0.504. The number of alkyl halides is 3. The van der Waals surface area contributed by atoms with Crippen molar-refractivity contribution in [2.24, 2.45) is 5.92 Å². The third-order valence-corrected chi connectivity index (χ3v) is 4.29. The Bertz CT molecular complexity index is 644. The van der Waals surface area contributed by atoms with E-state index in [2.05, 4.69) is 0 Å². The van der Waals surface area contributed by atoms with Crippen molar-refractivity contribution in [3.8, 4) is 5.75 Å². The Labute approximate surface area is 155 Å². The summed E-state index contributed by atoms with van der Waals surface area (Å²) in [5, 5.41) is 18.6. The highest BCUT2D eigenvalue weighted by molar-refractivity contribution is 5.66. The highest BCUT2D eigenvalue weighted by atomic mass is 19.4. The molecule has 1 aliphatic rings. The SMILES string of the molecule is O=C(O)CCCC/C=C\CC1COC(C(F)(F)F)OC1c1ccccc1O. The Hall–Kier alpha value is -2.06. The van der Waals surface area contributed by atoms with Crippen molar-refractivity contribution >= 4 is 5.97 Å². The van der Waals surface area contributed by atoms with Gasteiger partial charge < -0.3 is 19.7 Å². The number of carbonyl (C=O) groups is 1. The normalized spacial score (nSPS) is 23.6. The molecule has 1 heterocycles. The van der Waals surface area contributed by atoms with Gasteiger partial charge in [0.2, 0.25) is 0 Å². The monoisotopic (exact) mass is 388 g/mol. The van der Waals surface area contributed by atoms with Gasteiger partial charge in [0.15, 0.2) is 0 Å². The number of aromatic hydroxyl groups is 1. The Morgan fingerprint density at radius 1 is 1.22 bits per heavy atom. The molecule has 0 saturated carbocycles. The van der Waals surface area contributed by atoms with Gasteiger partial charge >= 0.3 is 12.1 Å². The maximum Gasteiger partial charge on any atom is 0.440 e. The molecule has 3 unspecified atom stereocenters. The summed E-state index contributed by atoms with van der Waals surface area (Å²) in [5.41, 5.74) is 0.301. The van der Waals surface area contributed by atoms with Crippen molar-refractivity contribution in [2.75, 3.05) is 6.61 Å². The number of phenols is 1. The highest BCUT2D eigenvalue weighted by Crippen LogP contribution is 2.41. The predicted molar refractivity (Wildman–Crippen MR) is 91.1 cm³/mol. The van der Waals surface area contributed by atoms with Crippen LogP contribution in [0.25, 0.3) is 0 Å². The number of benzene rings is 1. The third kappa shape index (κ3) is 6.55. The topological polar surface area (TPSA) is 76.0 Å². The molecule has 2 N–H and O–H groups in total. The van der Waals surface area contributed by atoms with Crippen LogP contribution in [0.15, 0.2) is 36.4 Å². The first-order valence-electron chi connectivity index (χ1n) is 8.77. The van der Waals surface area contributed by atoms with E-state index in [0.717, 1.165) is 6.42 Å². The average Bonchev–Trinajstić information content (AvgIpc) is 2.60. The zero-order valence-corrected chi connectivity index (χ0v) is 14.7. The molecule has 3 atom stereocenters. The molecule has 8 heteroatoms. The minimum Gasteiger partial charge on any atom is -0.508 e. The molecule has 0 aromatic heterocycles. The molecule has 0 radical (unpaired) electrons. The molecule has 0 aliphatic carbocycles. The van der Waals surface area contributed by atoms with Crippen LogP contribution in [0.4, 0.5) is 13.2 Å². The van der Waals surface area contributed by atoms with Gasteiger partial charge in [-0.15, -0.1) is 0 Å². The zero-order chi connectivity index (χ0) is 19.9. The number of phenolic OH excluding ortho intramolecular Hbond substituents is 1. The third-order valence-electron chi connectivity index (χ3n) is 4.29. The van der Waals surface area contributed by atoms with Crippen molar-refractivity contribution in [1.29, 1.82) is 0 Å². The van der Waals surface area contributed by atoms with E-state index < -0.39 is 24.5 Å². The van der Waals surface area contributed by atoms with Gasteiger partial charge in [-0.2, -0.15) is 13.2 Å². The van der Waals surface area contributed by atoms with E-state index in [0.29, 0.717) is 24.8 Å². The largest absolute Gasteiger partial charge is 0.508 e. The molecule has 0 bridgehead atoms. The molecule has 1 aliphatic heterocycles. The molecular formula is C19H23F3O5. The lowest BCUT2D eigenvalue weighted by molar-refractivity contribution is -0.353. The number of hydrogen-bond donors (Lipinski definition) is 2. The number of hydrogen-bond acceptors (Lipinski definition) is 4. The number of carboxylic acid groups (broad SMARTS) is 1. The van der Waals surface area contributed by atoms with Crippen molar-refractivity contribution in [3.63, 3.8) is 0 Å². The number of ether oxygens (including phenoxy) is 2. The molecule has 0 amide bonds. The standard InChI is InChI=1S/C19H23F3O5/c20-19(21,22)18-26-12-13(8-4-2-1-3-5-11-16(24)25)17(27-18)14-9-6-7-10-15(14)23/h2,4,6-7,9-10,13,17-18,23H,1,3,5,8,11-12H2,(H,24,25)/b4-2-. The average molecular weight is 388 g/mol. The Kier molecular flexibility index (Phi) is 7.67. The number of allylic oxidation sites excluding steroid dienone is 2. The molecule has 1 fully saturated rings. The summed E-state index contributed by atoms with van der Waals surface area (Å²) >= 11 is 0. The molecule has 27 heavy (non-hydrogen) atoms. The van der Waals surface area contributed by atoms with Crippen molar-refractivity contribution < 1.29 is 37.7 Å². The van der Waals surface area contributed by atoms with E-state index in [4.69, 9.17) is 14.6 Å². The van der Waals surface area contributed by atoms with Gasteiger partial charge in [0.25, 0.3) is 6.29 Å². The van der Waals surface area contributed by atoms with Crippen molar-refractivity contribution in [2.45, 2.75) is 50.7 Å². The van der Waals surface area contributed by atoms with Gasteiger partial charge in [-0.1, -0.05) is 30.4 Å². The number of unbranched alkanes of at least 4 members (excludes halogenated alkanes) is 2. The van der Waals surface area contributed by atoms with E-state index in [9.17, 15) is 23.1 Å². The molecular weight excluding hydrogens is 365 g/mol. The first kappa shape index (κ1) is 21.2. The molecule has 150 valence electrons. The summed E-state index contributed by atoms with van der Waals surface area (Å²) < 4.78 is 48.9. The molecule has 1 saturated heterocycles. The van der Waals surface area contributed by atoms with E-state index >= 15 is 0 Å². The summed E-state index contributed by atoms with van der Waals surface area (Å²) in [6, 6.07) is 6.17. The summed E-state index contributed by atoms with van der Waals surface area (Å²) in [6.45, 7) is -0.146. The first-order chi connectivity index (χ1) is 12.8. The van der Waals surface area contributed by atoms with Crippen LogP contribution >= 0.6 is 0 Å².